The summed E-state index contributed by atoms with van der Waals surface area (Å²) in [6.45, 7) is 0.492. The summed E-state index contributed by atoms with van der Waals surface area (Å²) in [6.07, 6.45) is 5.45. The molecule has 0 N–H and O–H groups in total. The van der Waals surface area contributed by atoms with Crippen LogP contribution in [0, 0.1) is 0 Å². The van der Waals surface area contributed by atoms with E-state index < -0.39 is 0 Å². The second-order valence-electron chi connectivity index (χ2n) is 5.64. The minimum absolute atomic E-state index is 0.106. The molecule has 1 aliphatic rings. The zero-order valence-electron chi connectivity index (χ0n) is 13.2. The number of carbonyl (C=O) groups excluding carboxylic acids is 1. The number of fused-ring (bicyclic) bond motifs is 2. The quantitative estimate of drug-likeness (QED) is 0.681. The maximum absolute atomic E-state index is 11.9. The van der Waals surface area contributed by atoms with Crippen molar-refractivity contribution in [3.63, 3.8) is 0 Å². The molecule has 0 bridgehead atoms. The van der Waals surface area contributed by atoms with E-state index in [0.717, 1.165) is 22.4 Å². The number of benzene rings is 2. The monoisotopic (exact) mass is 320 g/mol. The van der Waals surface area contributed by atoms with E-state index in [1.54, 1.807) is 18.6 Å². The van der Waals surface area contributed by atoms with Gasteiger partial charge in [0.15, 0.2) is 0 Å². The van der Waals surface area contributed by atoms with Crippen LogP contribution in [0.4, 0.5) is 0 Å². The fraction of sp³-hybridized carbons (Fsp3) is 0.158. The first kappa shape index (κ1) is 14.5. The molecule has 2 heterocycles. The van der Waals surface area contributed by atoms with Crippen LogP contribution in [0.25, 0.3) is 0 Å². The maximum atomic E-state index is 11.9. The van der Waals surface area contributed by atoms with E-state index in [1.807, 2.05) is 35.0 Å². The largest absolute Gasteiger partial charge is 0.489 e. The number of carbonyl (C=O) groups is 1. The van der Waals surface area contributed by atoms with Crippen LogP contribution < -0.4 is 4.74 Å². The van der Waals surface area contributed by atoms with Crippen LogP contribution in [0.1, 0.15) is 33.1 Å². The zero-order valence-corrected chi connectivity index (χ0v) is 13.2. The molecule has 1 aromatic heterocycles. The van der Waals surface area contributed by atoms with Crippen molar-refractivity contribution < 1.29 is 14.3 Å². The molecule has 0 amide bonds. The highest BCUT2D eigenvalue weighted by molar-refractivity contribution is 5.89. The standard InChI is InChI=1S/C19H16N2O3/c1-23-19(22)13-6-7-17-16(10-13)18(21-9-8-20-12-21)15-5-3-2-4-14(15)11-24-17/h2-10,12,18H,11H2,1H3. The molecule has 0 fully saturated rings. The number of esters is 1. The smallest absolute Gasteiger partial charge is 0.337 e. The highest BCUT2D eigenvalue weighted by Crippen LogP contribution is 2.38. The van der Waals surface area contributed by atoms with E-state index in [-0.39, 0.29) is 12.0 Å². The summed E-state index contributed by atoms with van der Waals surface area (Å²) in [5.74, 6) is 0.400. The number of hydrogen-bond acceptors (Lipinski definition) is 4. The summed E-state index contributed by atoms with van der Waals surface area (Å²) < 4.78 is 12.9. The SMILES string of the molecule is COC(=O)c1ccc2c(c1)C(n1ccnc1)c1ccccc1CO2. The predicted octanol–water partition coefficient (Wildman–Crippen LogP) is 3.20. The highest BCUT2D eigenvalue weighted by atomic mass is 16.5. The van der Waals surface area contributed by atoms with Gasteiger partial charge in [-0.05, 0) is 29.3 Å². The van der Waals surface area contributed by atoms with Crippen molar-refractivity contribution in [2.24, 2.45) is 0 Å². The molecule has 0 saturated heterocycles. The molecule has 3 aromatic rings. The fourth-order valence-electron chi connectivity index (χ4n) is 3.14. The zero-order chi connectivity index (χ0) is 16.5. The van der Waals surface area contributed by atoms with E-state index in [9.17, 15) is 4.79 Å². The summed E-state index contributed by atoms with van der Waals surface area (Å²) in [6, 6.07) is 13.5. The van der Waals surface area contributed by atoms with E-state index >= 15 is 0 Å². The van der Waals surface area contributed by atoms with Crippen molar-refractivity contribution in [2.75, 3.05) is 7.11 Å². The van der Waals surface area contributed by atoms with Gasteiger partial charge in [-0.25, -0.2) is 9.78 Å². The van der Waals surface area contributed by atoms with Gasteiger partial charge in [0.1, 0.15) is 12.4 Å². The Morgan fingerprint density at radius 2 is 2.12 bits per heavy atom. The molecule has 5 nitrogen and oxygen atoms in total. The van der Waals surface area contributed by atoms with Gasteiger partial charge in [-0.3, -0.25) is 0 Å². The molecule has 0 radical (unpaired) electrons. The molecule has 0 aliphatic carbocycles. The first-order valence-electron chi connectivity index (χ1n) is 7.68. The second kappa shape index (κ2) is 5.85. The van der Waals surface area contributed by atoms with Crippen LogP contribution in [-0.2, 0) is 11.3 Å². The summed E-state index contributed by atoms with van der Waals surface area (Å²) in [4.78, 5) is 16.1. The number of methoxy groups -OCH3 is 1. The number of nitrogens with zero attached hydrogens (tertiary/aromatic N) is 2. The van der Waals surface area contributed by atoms with Gasteiger partial charge in [0, 0.05) is 18.0 Å². The Hall–Kier alpha value is -3.08. The number of ether oxygens (including phenoxy) is 2. The van der Waals surface area contributed by atoms with E-state index in [4.69, 9.17) is 9.47 Å². The molecule has 0 spiro atoms. The van der Waals surface area contributed by atoms with E-state index in [2.05, 4.69) is 17.1 Å². The van der Waals surface area contributed by atoms with Gasteiger partial charge in [-0.15, -0.1) is 0 Å². The summed E-state index contributed by atoms with van der Waals surface area (Å²) in [5, 5.41) is 0. The van der Waals surface area contributed by atoms with Crippen molar-refractivity contribution in [3.05, 3.63) is 83.4 Å². The Morgan fingerprint density at radius 3 is 2.92 bits per heavy atom. The Labute approximate surface area is 139 Å². The van der Waals surface area contributed by atoms with E-state index in [0.29, 0.717) is 12.2 Å². The molecule has 1 atom stereocenters. The third kappa shape index (κ3) is 2.34. The van der Waals surface area contributed by atoms with Crippen LogP contribution in [-0.4, -0.2) is 22.6 Å². The van der Waals surface area contributed by atoms with Crippen molar-refractivity contribution in [1.82, 2.24) is 9.55 Å². The number of aromatic nitrogens is 2. The van der Waals surface area contributed by atoms with Gasteiger partial charge in [0.2, 0.25) is 0 Å². The van der Waals surface area contributed by atoms with Gasteiger partial charge in [-0.2, -0.15) is 0 Å². The number of imidazole rings is 1. The molecular formula is C19H16N2O3. The highest BCUT2D eigenvalue weighted by Gasteiger charge is 2.26. The minimum Gasteiger partial charge on any atom is -0.489 e. The molecule has 120 valence electrons. The van der Waals surface area contributed by atoms with Gasteiger partial charge < -0.3 is 14.0 Å². The predicted molar refractivity (Wildman–Crippen MR) is 88.0 cm³/mol. The Kier molecular flexibility index (Phi) is 3.54. The minimum atomic E-state index is -0.361. The first-order chi connectivity index (χ1) is 11.8. The van der Waals surface area contributed by atoms with Crippen LogP contribution in [0.2, 0.25) is 0 Å². The van der Waals surface area contributed by atoms with Gasteiger partial charge in [0.05, 0.1) is 25.0 Å². The van der Waals surface area contributed by atoms with Crippen LogP contribution in [0.15, 0.2) is 61.2 Å². The van der Waals surface area contributed by atoms with Gasteiger partial charge in [-0.1, -0.05) is 24.3 Å². The third-order valence-electron chi connectivity index (χ3n) is 4.28. The Balaban J connectivity index is 1.95. The fourth-order valence-corrected chi connectivity index (χ4v) is 3.14. The lowest BCUT2D eigenvalue weighted by Gasteiger charge is -2.21. The summed E-state index contributed by atoms with van der Waals surface area (Å²) in [7, 11) is 1.38. The van der Waals surface area contributed by atoms with E-state index in [1.165, 1.54) is 7.11 Å². The van der Waals surface area contributed by atoms with Crippen molar-refractivity contribution in [3.8, 4) is 5.75 Å². The van der Waals surface area contributed by atoms with Gasteiger partial charge >= 0.3 is 5.97 Å². The van der Waals surface area contributed by atoms with Gasteiger partial charge in [0.25, 0.3) is 0 Å². The Morgan fingerprint density at radius 1 is 1.25 bits per heavy atom. The maximum Gasteiger partial charge on any atom is 0.337 e. The average molecular weight is 320 g/mol. The molecule has 4 rings (SSSR count). The first-order valence-corrected chi connectivity index (χ1v) is 7.68. The molecule has 5 heteroatoms. The average Bonchev–Trinajstić information content (AvgIpc) is 3.09. The Bertz CT molecular complexity index is 887. The van der Waals surface area contributed by atoms with Crippen molar-refractivity contribution in [2.45, 2.75) is 12.6 Å². The normalized spacial score (nSPS) is 15.6. The molecule has 24 heavy (non-hydrogen) atoms. The summed E-state index contributed by atoms with van der Waals surface area (Å²) in [5.41, 5.74) is 3.67. The van der Waals surface area contributed by atoms with Crippen molar-refractivity contribution >= 4 is 5.97 Å². The van der Waals surface area contributed by atoms with Crippen LogP contribution in [0.3, 0.4) is 0 Å². The molecule has 0 saturated carbocycles. The molecule has 2 aromatic carbocycles. The summed E-state index contributed by atoms with van der Waals surface area (Å²) >= 11 is 0. The van der Waals surface area contributed by atoms with Crippen molar-refractivity contribution in [1.29, 1.82) is 0 Å². The lowest BCUT2D eigenvalue weighted by Crippen LogP contribution is -2.12. The number of rotatable bonds is 2. The molecule has 1 unspecified atom stereocenters. The van der Waals surface area contributed by atoms with Crippen LogP contribution >= 0.6 is 0 Å². The lowest BCUT2D eigenvalue weighted by molar-refractivity contribution is 0.0600. The van der Waals surface area contributed by atoms with Crippen LogP contribution in [0.5, 0.6) is 5.75 Å². The molecule has 1 aliphatic heterocycles. The number of hydrogen-bond donors (Lipinski definition) is 0. The lowest BCUT2D eigenvalue weighted by atomic mass is 9.93. The second-order valence-corrected chi connectivity index (χ2v) is 5.64. The molecular weight excluding hydrogens is 304 g/mol. The third-order valence-corrected chi connectivity index (χ3v) is 4.28. The topological polar surface area (TPSA) is 53.4 Å².